The lowest BCUT2D eigenvalue weighted by atomic mass is 9.79. The average molecular weight is 255 g/mol. The zero-order chi connectivity index (χ0) is 11.8. The number of fused-ring (bicyclic) bond motifs is 5. The quantitative estimate of drug-likeness (QED) is 0.763. The zero-order valence-electron chi connectivity index (χ0n) is 10.9. The molecule has 3 rings (SSSR count). The molecule has 0 spiro atoms. The molecule has 0 unspecified atom stereocenters. The number of rotatable bonds is 5. The van der Waals surface area contributed by atoms with E-state index >= 15 is 0 Å². The van der Waals surface area contributed by atoms with Gasteiger partial charge in [0.1, 0.15) is 0 Å². The summed E-state index contributed by atoms with van der Waals surface area (Å²) in [6.45, 7) is 1.07. The molecule has 0 aromatic heterocycles. The van der Waals surface area contributed by atoms with E-state index in [1.165, 1.54) is 32.1 Å². The second kappa shape index (κ2) is 5.00. The number of hydrogen-bond acceptors (Lipinski definition) is 2. The summed E-state index contributed by atoms with van der Waals surface area (Å²) in [7, 11) is -0.615. The Balaban J connectivity index is 1.46. The van der Waals surface area contributed by atoms with E-state index in [4.69, 9.17) is 0 Å². The summed E-state index contributed by atoms with van der Waals surface area (Å²) in [5.74, 6) is 5.05. The van der Waals surface area contributed by atoms with Crippen molar-refractivity contribution in [1.29, 1.82) is 0 Å². The minimum Gasteiger partial charge on any atom is -0.314 e. The Kier molecular flexibility index (Phi) is 3.58. The van der Waals surface area contributed by atoms with Crippen molar-refractivity contribution in [3.05, 3.63) is 0 Å². The summed E-state index contributed by atoms with van der Waals surface area (Å²) >= 11 is 0. The Morgan fingerprint density at radius 2 is 2.00 bits per heavy atom. The molecule has 2 bridgehead atoms. The first-order chi connectivity index (χ1) is 8.25. The Morgan fingerprint density at radius 3 is 2.82 bits per heavy atom. The van der Waals surface area contributed by atoms with Crippen LogP contribution in [0.25, 0.3) is 0 Å². The first-order valence-electron chi connectivity index (χ1n) is 7.29. The molecular weight excluding hydrogens is 230 g/mol. The summed E-state index contributed by atoms with van der Waals surface area (Å²) < 4.78 is 11.0. The van der Waals surface area contributed by atoms with Gasteiger partial charge in [-0.3, -0.25) is 4.21 Å². The molecular formula is C14H25NOS. The highest BCUT2D eigenvalue weighted by Crippen LogP contribution is 2.58. The van der Waals surface area contributed by atoms with Gasteiger partial charge in [-0.1, -0.05) is 6.42 Å². The lowest BCUT2D eigenvalue weighted by Crippen LogP contribution is -2.39. The van der Waals surface area contributed by atoms with Gasteiger partial charge >= 0.3 is 0 Å². The monoisotopic (exact) mass is 255 g/mol. The number of hydrogen-bond donors (Lipinski definition) is 1. The SMILES string of the molecule is C[S@](=O)CCCN[C@@H]1C[C@H]2C[C@H]1[C@@H]1CCC[C@H]21. The van der Waals surface area contributed by atoms with Gasteiger partial charge in [0.2, 0.25) is 0 Å². The topological polar surface area (TPSA) is 29.1 Å². The molecule has 0 radical (unpaired) electrons. The molecule has 1 N–H and O–H groups in total. The minimum absolute atomic E-state index is 0.615. The second-order valence-corrected chi connectivity index (χ2v) is 7.90. The maximum Gasteiger partial charge on any atom is 0.0244 e. The summed E-state index contributed by atoms with van der Waals surface area (Å²) in [5, 5.41) is 3.75. The van der Waals surface area contributed by atoms with E-state index in [1.54, 1.807) is 6.26 Å². The molecule has 0 aromatic carbocycles. The van der Waals surface area contributed by atoms with Crippen LogP contribution in [0.3, 0.4) is 0 Å². The molecule has 3 fully saturated rings. The Morgan fingerprint density at radius 1 is 1.18 bits per heavy atom. The van der Waals surface area contributed by atoms with Crippen LogP contribution >= 0.6 is 0 Å². The molecule has 0 saturated heterocycles. The summed E-state index contributed by atoms with van der Waals surface area (Å²) in [6.07, 6.45) is 10.3. The smallest absolute Gasteiger partial charge is 0.0244 e. The average Bonchev–Trinajstić information content (AvgIpc) is 2.95. The highest BCUT2D eigenvalue weighted by molar-refractivity contribution is 7.84. The van der Waals surface area contributed by atoms with Gasteiger partial charge in [0, 0.05) is 28.9 Å². The largest absolute Gasteiger partial charge is 0.314 e. The fraction of sp³-hybridized carbons (Fsp3) is 1.00. The zero-order valence-corrected chi connectivity index (χ0v) is 11.7. The van der Waals surface area contributed by atoms with Crippen LogP contribution in [0.1, 0.15) is 38.5 Å². The van der Waals surface area contributed by atoms with Crippen LogP contribution < -0.4 is 5.32 Å². The summed E-state index contributed by atoms with van der Waals surface area (Å²) in [4.78, 5) is 0. The highest BCUT2D eigenvalue weighted by atomic mass is 32.2. The molecule has 2 nitrogen and oxygen atoms in total. The van der Waals surface area contributed by atoms with Gasteiger partial charge in [0.15, 0.2) is 0 Å². The van der Waals surface area contributed by atoms with Crippen LogP contribution in [0, 0.1) is 23.7 Å². The van der Waals surface area contributed by atoms with Crippen molar-refractivity contribution in [3.8, 4) is 0 Å². The van der Waals surface area contributed by atoms with Crippen molar-refractivity contribution in [1.82, 2.24) is 5.32 Å². The predicted octanol–water partition coefficient (Wildman–Crippen LogP) is 2.17. The fourth-order valence-electron chi connectivity index (χ4n) is 4.87. The van der Waals surface area contributed by atoms with Gasteiger partial charge in [-0.05, 0) is 62.3 Å². The van der Waals surface area contributed by atoms with Gasteiger partial charge in [0.05, 0.1) is 0 Å². The number of nitrogens with one attached hydrogen (secondary N) is 1. The third-order valence-electron chi connectivity index (χ3n) is 5.44. The molecule has 3 aliphatic rings. The second-order valence-electron chi connectivity index (χ2n) is 6.35. The van der Waals surface area contributed by atoms with Crippen molar-refractivity contribution in [2.24, 2.45) is 23.7 Å². The standard InChI is InChI=1S/C14H25NOS/c1-17(16)7-3-6-15-14-9-10-8-13(14)12-5-2-4-11(10)12/h10-15H,2-9H2,1H3/t10-,11-,12-,13+,14-,17+/m1/s1. The van der Waals surface area contributed by atoms with Gasteiger partial charge in [-0.2, -0.15) is 0 Å². The molecule has 0 heterocycles. The van der Waals surface area contributed by atoms with Gasteiger partial charge in [-0.15, -0.1) is 0 Å². The summed E-state index contributed by atoms with van der Waals surface area (Å²) in [5.41, 5.74) is 0. The van der Waals surface area contributed by atoms with Crippen LogP contribution in [0.4, 0.5) is 0 Å². The van der Waals surface area contributed by atoms with Crippen LogP contribution in [0.5, 0.6) is 0 Å². The van der Waals surface area contributed by atoms with E-state index in [9.17, 15) is 4.21 Å². The molecule has 0 aliphatic heterocycles. The predicted molar refractivity (Wildman–Crippen MR) is 72.4 cm³/mol. The lowest BCUT2D eigenvalue weighted by molar-refractivity contribution is 0.209. The van der Waals surface area contributed by atoms with Crippen LogP contribution in [-0.2, 0) is 10.8 Å². The van der Waals surface area contributed by atoms with E-state index in [0.717, 1.165) is 48.4 Å². The fourth-order valence-corrected chi connectivity index (χ4v) is 5.42. The molecule has 17 heavy (non-hydrogen) atoms. The van der Waals surface area contributed by atoms with E-state index in [0.29, 0.717) is 0 Å². The maximum absolute atomic E-state index is 11.0. The summed E-state index contributed by atoms with van der Waals surface area (Å²) in [6, 6.07) is 0.796. The minimum atomic E-state index is -0.615. The molecule has 3 aliphatic carbocycles. The molecule has 98 valence electrons. The van der Waals surface area contributed by atoms with Crippen molar-refractivity contribution < 1.29 is 4.21 Å². The molecule has 0 amide bonds. The Bertz CT molecular complexity index is 307. The Labute approximate surface area is 107 Å². The van der Waals surface area contributed by atoms with E-state index in [1.807, 2.05) is 0 Å². The van der Waals surface area contributed by atoms with Gasteiger partial charge in [-0.25, -0.2) is 0 Å². The van der Waals surface area contributed by atoms with E-state index < -0.39 is 10.8 Å². The normalized spacial score (nSPS) is 45.1. The van der Waals surface area contributed by atoms with Gasteiger partial charge < -0.3 is 5.32 Å². The Hall–Kier alpha value is 0.110. The van der Waals surface area contributed by atoms with Crippen molar-refractivity contribution in [2.45, 2.75) is 44.6 Å². The molecule has 0 aromatic rings. The molecule has 3 saturated carbocycles. The van der Waals surface area contributed by atoms with Crippen LogP contribution in [0.2, 0.25) is 0 Å². The van der Waals surface area contributed by atoms with Gasteiger partial charge in [0.25, 0.3) is 0 Å². The lowest BCUT2D eigenvalue weighted by Gasteiger charge is -2.32. The van der Waals surface area contributed by atoms with E-state index in [2.05, 4.69) is 5.32 Å². The highest BCUT2D eigenvalue weighted by Gasteiger charge is 2.53. The van der Waals surface area contributed by atoms with Crippen molar-refractivity contribution in [3.63, 3.8) is 0 Å². The van der Waals surface area contributed by atoms with E-state index in [-0.39, 0.29) is 0 Å². The third-order valence-corrected chi connectivity index (χ3v) is 6.31. The van der Waals surface area contributed by atoms with Crippen LogP contribution in [-0.4, -0.2) is 28.8 Å². The third kappa shape index (κ3) is 2.33. The van der Waals surface area contributed by atoms with Crippen molar-refractivity contribution in [2.75, 3.05) is 18.6 Å². The first-order valence-corrected chi connectivity index (χ1v) is 9.02. The van der Waals surface area contributed by atoms with Crippen molar-refractivity contribution >= 4 is 10.8 Å². The maximum atomic E-state index is 11.0. The first kappa shape index (κ1) is 12.2. The molecule has 3 heteroatoms. The van der Waals surface area contributed by atoms with Crippen LogP contribution in [0.15, 0.2) is 0 Å². The molecule has 6 atom stereocenters.